The molecule has 184 valence electrons. The molecule has 0 radical (unpaired) electrons. The van der Waals surface area contributed by atoms with E-state index in [0.29, 0.717) is 6.42 Å². The second-order valence-electron chi connectivity index (χ2n) is 11.7. The smallest absolute Gasteiger partial charge is 0.331 e. The highest BCUT2D eigenvalue weighted by Crippen LogP contribution is 2.68. The van der Waals surface area contributed by atoms with E-state index < -0.39 is 40.3 Å². The van der Waals surface area contributed by atoms with Crippen molar-refractivity contribution in [3.05, 3.63) is 35.8 Å². The lowest BCUT2D eigenvalue weighted by molar-refractivity contribution is -0.200. The molecule has 3 fully saturated rings. The summed E-state index contributed by atoms with van der Waals surface area (Å²) in [6, 6.07) is 1.83. The minimum absolute atomic E-state index is 0.0343. The van der Waals surface area contributed by atoms with Crippen molar-refractivity contribution in [1.82, 2.24) is 0 Å². The molecule has 1 N–H and O–H groups in total. The number of esters is 2. The van der Waals surface area contributed by atoms with E-state index in [1.54, 1.807) is 18.6 Å². The summed E-state index contributed by atoms with van der Waals surface area (Å²) >= 11 is 0. The normalized spacial score (nSPS) is 42.7. The molecule has 2 heterocycles. The van der Waals surface area contributed by atoms with Crippen LogP contribution in [0.25, 0.3) is 0 Å². The zero-order valence-electron chi connectivity index (χ0n) is 20.5. The molecular formula is C27H34O7. The molecule has 1 aromatic heterocycles. The number of rotatable bonds is 3. The highest BCUT2D eigenvalue weighted by molar-refractivity contribution is 5.91. The summed E-state index contributed by atoms with van der Waals surface area (Å²) in [5.74, 6) is -1.72. The predicted octanol–water partition coefficient (Wildman–Crippen LogP) is 4.01. The Morgan fingerprint density at radius 1 is 1.21 bits per heavy atom. The molecule has 2 bridgehead atoms. The number of ether oxygens (including phenoxy) is 2. The number of ketones is 1. The average Bonchev–Trinajstić information content (AvgIpc) is 3.32. The maximum atomic E-state index is 13.9. The van der Waals surface area contributed by atoms with Gasteiger partial charge in [-0.2, -0.15) is 0 Å². The van der Waals surface area contributed by atoms with Crippen molar-refractivity contribution in [2.75, 3.05) is 7.11 Å². The topological polar surface area (TPSA) is 103 Å². The van der Waals surface area contributed by atoms with Crippen molar-refractivity contribution in [1.29, 1.82) is 0 Å². The van der Waals surface area contributed by atoms with Crippen LogP contribution in [-0.4, -0.2) is 36.0 Å². The van der Waals surface area contributed by atoms with E-state index in [1.165, 1.54) is 7.11 Å². The molecule has 7 heteroatoms. The maximum absolute atomic E-state index is 13.9. The third-order valence-corrected chi connectivity index (χ3v) is 9.96. The largest absolute Gasteiger partial charge is 0.472 e. The quantitative estimate of drug-likeness (QED) is 0.666. The Kier molecular flexibility index (Phi) is 5.18. The third kappa shape index (κ3) is 2.95. The number of methoxy groups -OCH3 is 1. The number of aliphatic hydroxyl groups excluding tert-OH is 1. The van der Waals surface area contributed by atoms with Gasteiger partial charge in [-0.15, -0.1) is 0 Å². The SMILES string of the molecule is COC(=O)C[C@@H]1C(C)(C)[C@H](O)[C@H]2C[C@@H]3C4=CC(=O)O[C@H](c5ccoc5)[C@]4(C)CC[C@H]3[C@]1(C)C2=O. The molecule has 0 unspecified atom stereocenters. The number of fused-ring (bicyclic) bond motifs is 6. The maximum Gasteiger partial charge on any atom is 0.331 e. The van der Waals surface area contributed by atoms with Crippen LogP contribution in [0.5, 0.6) is 0 Å². The lowest BCUT2D eigenvalue weighted by Gasteiger charge is -2.65. The van der Waals surface area contributed by atoms with E-state index in [0.717, 1.165) is 24.0 Å². The Hall–Kier alpha value is -2.41. The van der Waals surface area contributed by atoms with Crippen molar-refractivity contribution in [2.45, 2.75) is 65.6 Å². The molecule has 3 aliphatic carbocycles. The summed E-state index contributed by atoms with van der Waals surface area (Å²) < 4.78 is 16.1. The number of hydrogen-bond donors (Lipinski definition) is 1. The van der Waals surface area contributed by atoms with Gasteiger partial charge in [0.15, 0.2) is 0 Å². The van der Waals surface area contributed by atoms with Crippen LogP contribution in [0.1, 0.15) is 65.0 Å². The molecular weight excluding hydrogens is 436 g/mol. The first-order valence-corrected chi connectivity index (χ1v) is 12.2. The van der Waals surface area contributed by atoms with Crippen molar-refractivity contribution in [3.63, 3.8) is 0 Å². The van der Waals surface area contributed by atoms with Gasteiger partial charge in [0, 0.05) is 34.8 Å². The summed E-state index contributed by atoms with van der Waals surface area (Å²) in [5, 5.41) is 11.4. The van der Waals surface area contributed by atoms with Crippen LogP contribution in [-0.2, 0) is 23.9 Å². The van der Waals surface area contributed by atoms with E-state index in [1.807, 2.05) is 26.8 Å². The van der Waals surface area contributed by atoms with Gasteiger partial charge in [0.1, 0.15) is 11.9 Å². The number of hydrogen-bond acceptors (Lipinski definition) is 7. The molecule has 0 spiro atoms. The first-order chi connectivity index (χ1) is 16.0. The zero-order valence-corrected chi connectivity index (χ0v) is 20.5. The fourth-order valence-electron chi connectivity index (χ4n) is 8.16. The molecule has 1 aromatic rings. The van der Waals surface area contributed by atoms with Crippen molar-refractivity contribution < 1.29 is 33.4 Å². The van der Waals surface area contributed by atoms with Crippen LogP contribution < -0.4 is 0 Å². The zero-order chi connectivity index (χ0) is 24.6. The van der Waals surface area contributed by atoms with Gasteiger partial charge in [-0.1, -0.05) is 27.7 Å². The van der Waals surface area contributed by atoms with Crippen molar-refractivity contribution in [2.24, 2.45) is 39.9 Å². The van der Waals surface area contributed by atoms with Crippen LogP contribution in [0, 0.1) is 39.9 Å². The third-order valence-electron chi connectivity index (χ3n) is 9.96. The Bertz CT molecular complexity index is 1050. The molecule has 0 saturated heterocycles. The molecule has 3 saturated carbocycles. The van der Waals surface area contributed by atoms with Crippen LogP contribution in [0.3, 0.4) is 0 Å². The fraction of sp³-hybridized carbons (Fsp3) is 0.667. The Labute approximate surface area is 199 Å². The molecule has 1 aliphatic heterocycles. The van der Waals surface area contributed by atoms with Gasteiger partial charge < -0.3 is 19.0 Å². The number of aliphatic hydroxyl groups is 1. The van der Waals surface area contributed by atoms with Crippen molar-refractivity contribution in [3.8, 4) is 0 Å². The molecule has 0 amide bonds. The standard InChI is InChI=1S/C27H34O7/c1-25(2)19(12-20(28)32-5)27(4)17-6-8-26(3)18(15(17)10-16(22(25)30)23(27)31)11-21(29)34-24(26)14-7-9-33-13-14/h7,9,11,13,15-17,19,22,24,30H,6,8,10,12H2,1-5H3/t15-,16+,17+,19+,22+,24+,26+,27-/m0/s1. The lowest BCUT2D eigenvalue weighted by atomic mass is 9.38. The van der Waals surface area contributed by atoms with E-state index in [4.69, 9.17) is 13.9 Å². The van der Waals surface area contributed by atoms with E-state index in [2.05, 4.69) is 6.92 Å². The monoisotopic (exact) mass is 470 g/mol. The number of carbonyl (C=O) groups excluding carboxylic acids is 3. The summed E-state index contributed by atoms with van der Waals surface area (Å²) in [6.45, 7) is 8.03. The van der Waals surface area contributed by atoms with Gasteiger partial charge in [0.2, 0.25) is 0 Å². The summed E-state index contributed by atoms with van der Waals surface area (Å²) in [4.78, 5) is 39.1. The fourth-order valence-corrected chi connectivity index (χ4v) is 8.16. The number of carbonyl (C=O) groups is 3. The van der Waals surface area contributed by atoms with Gasteiger partial charge in [-0.25, -0.2) is 4.79 Å². The summed E-state index contributed by atoms with van der Waals surface area (Å²) in [7, 11) is 1.35. The highest BCUT2D eigenvalue weighted by Gasteiger charge is 2.69. The Balaban J connectivity index is 1.61. The molecule has 5 rings (SSSR count). The number of furan rings is 1. The number of cyclic esters (lactones) is 1. The second-order valence-corrected chi connectivity index (χ2v) is 11.7. The first-order valence-electron chi connectivity index (χ1n) is 12.2. The minimum atomic E-state index is -0.877. The van der Waals surface area contributed by atoms with E-state index in [9.17, 15) is 19.5 Å². The van der Waals surface area contributed by atoms with Crippen LogP contribution in [0.4, 0.5) is 0 Å². The van der Waals surface area contributed by atoms with Gasteiger partial charge in [-0.3, -0.25) is 9.59 Å². The molecule has 7 nitrogen and oxygen atoms in total. The second kappa shape index (κ2) is 7.54. The molecule has 4 aliphatic rings. The predicted molar refractivity (Wildman–Crippen MR) is 121 cm³/mol. The van der Waals surface area contributed by atoms with E-state index >= 15 is 0 Å². The van der Waals surface area contributed by atoms with Crippen LogP contribution >= 0.6 is 0 Å². The minimum Gasteiger partial charge on any atom is -0.472 e. The van der Waals surface area contributed by atoms with E-state index in [-0.39, 0.29) is 35.9 Å². The van der Waals surface area contributed by atoms with Gasteiger partial charge >= 0.3 is 11.9 Å². The average molecular weight is 471 g/mol. The highest BCUT2D eigenvalue weighted by atomic mass is 16.5. The van der Waals surface area contributed by atoms with Gasteiger partial charge in [0.05, 0.1) is 25.7 Å². The van der Waals surface area contributed by atoms with Crippen LogP contribution in [0.2, 0.25) is 0 Å². The molecule has 0 aromatic carbocycles. The van der Waals surface area contributed by atoms with Gasteiger partial charge in [0.25, 0.3) is 0 Å². The summed E-state index contributed by atoms with van der Waals surface area (Å²) in [6.07, 6.45) is 5.57. The lowest BCUT2D eigenvalue weighted by Crippen LogP contribution is -2.67. The van der Waals surface area contributed by atoms with Crippen molar-refractivity contribution >= 4 is 17.7 Å². The number of Topliss-reactive ketones (excluding diaryl/α,β-unsaturated/α-hetero) is 1. The van der Waals surface area contributed by atoms with Crippen LogP contribution in [0.15, 0.2) is 34.7 Å². The molecule has 34 heavy (non-hydrogen) atoms. The van der Waals surface area contributed by atoms with Gasteiger partial charge in [-0.05, 0) is 54.1 Å². The molecule has 8 atom stereocenters. The first kappa shape index (κ1) is 23.3. The Morgan fingerprint density at radius 3 is 2.59 bits per heavy atom. The summed E-state index contributed by atoms with van der Waals surface area (Å²) in [5.41, 5.74) is -0.0462. The Morgan fingerprint density at radius 2 is 1.94 bits per heavy atom.